The summed E-state index contributed by atoms with van der Waals surface area (Å²) in [6, 6.07) is 0.784. The van der Waals surface area contributed by atoms with Crippen LogP contribution in [0.25, 0.3) is 0 Å². The fraction of sp³-hybridized carbons (Fsp3) is 0.929. The highest BCUT2D eigenvalue weighted by molar-refractivity contribution is 5.76. The minimum Gasteiger partial charge on any atom is -0.343 e. The van der Waals surface area contributed by atoms with E-state index in [1.165, 1.54) is 0 Å². The van der Waals surface area contributed by atoms with E-state index in [1.807, 2.05) is 11.9 Å². The molecule has 0 spiro atoms. The summed E-state index contributed by atoms with van der Waals surface area (Å²) >= 11 is 0. The zero-order valence-electron chi connectivity index (χ0n) is 11.6. The molecule has 1 aliphatic rings. The fourth-order valence-corrected chi connectivity index (χ4v) is 2.82. The first-order valence-corrected chi connectivity index (χ1v) is 7.09. The van der Waals surface area contributed by atoms with E-state index in [1.54, 1.807) is 0 Å². The van der Waals surface area contributed by atoms with Crippen molar-refractivity contribution in [1.29, 1.82) is 0 Å². The summed E-state index contributed by atoms with van der Waals surface area (Å²) in [5.41, 5.74) is 5.88. The van der Waals surface area contributed by atoms with E-state index in [0.717, 1.165) is 44.9 Å². The van der Waals surface area contributed by atoms with Crippen LogP contribution in [-0.2, 0) is 4.79 Å². The summed E-state index contributed by atoms with van der Waals surface area (Å²) in [6.45, 7) is 4.30. The molecule has 3 heteroatoms. The van der Waals surface area contributed by atoms with Crippen LogP contribution in [0.5, 0.6) is 0 Å². The lowest BCUT2D eigenvalue weighted by atomic mass is 9.84. The highest BCUT2D eigenvalue weighted by Crippen LogP contribution is 2.26. The van der Waals surface area contributed by atoms with Crippen molar-refractivity contribution in [2.45, 2.75) is 70.9 Å². The molecule has 0 unspecified atom stereocenters. The number of nitrogens with zero attached hydrogens (tertiary/aromatic N) is 1. The maximum atomic E-state index is 12.1. The molecule has 17 heavy (non-hydrogen) atoms. The van der Waals surface area contributed by atoms with Gasteiger partial charge in [-0.25, -0.2) is 0 Å². The predicted molar refractivity (Wildman–Crippen MR) is 71.7 cm³/mol. The second-order valence-corrected chi connectivity index (χ2v) is 5.46. The Kier molecular flexibility index (Phi) is 5.96. The van der Waals surface area contributed by atoms with Gasteiger partial charge >= 0.3 is 0 Å². The molecular weight excluding hydrogens is 212 g/mol. The molecule has 1 amide bonds. The van der Waals surface area contributed by atoms with Crippen molar-refractivity contribution in [3.8, 4) is 0 Å². The maximum absolute atomic E-state index is 12.1. The number of hydrogen-bond acceptors (Lipinski definition) is 2. The molecule has 0 aromatic carbocycles. The molecule has 1 rings (SSSR count). The van der Waals surface area contributed by atoms with Gasteiger partial charge in [0.2, 0.25) is 5.91 Å². The second-order valence-electron chi connectivity index (χ2n) is 5.46. The standard InChI is InChI=1S/C14H28N2O/c1-4-13(5-2)16(3)14(17)10-11-6-8-12(15)9-7-11/h11-13H,4-10,15H2,1-3H3. The average molecular weight is 240 g/mol. The van der Waals surface area contributed by atoms with Gasteiger partial charge in [0, 0.05) is 25.6 Å². The Morgan fingerprint density at radius 1 is 1.24 bits per heavy atom. The minimum absolute atomic E-state index is 0.319. The largest absolute Gasteiger partial charge is 0.343 e. The smallest absolute Gasteiger partial charge is 0.222 e. The first kappa shape index (κ1) is 14.5. The SMILES string of the molecule is CCC(CC)N(C)C(=O)CC1CCC(N)CC1. The highest BCUT2D eigenvalue weighted by Gasteiger charge is 2.24. The summed E-state index contributed by atoms with van der Waals surface area (Å²) in [4.78, 5) is 14.1. The Morgan fingerprint density at radius 3 is 2.24 bits per heavy atom. The van der Waals surface area contributed by atoms with Crippen molar-refractivity contribution < 1.29 is 4.79 Å². The third-order valence-electron chi connectivity index (χ3n) is 4.24. The Bertz CT molecular complexity index is 230. The number of carbonyl (C=O) groups is 1. The van der Waals surface area contributed by atoms with E-state index in [0.29, 0.717) is 23.9 Å². The number of hydrogen-bond donors (Lipinski definition) is 1. The summed E-state index contributed by atoms with van der Waals surface area (Å²) in [5, 5.41) is 0. The average Bonchev–Trinajstić information content (AvgIpc) is 2.33. The Hall–Kier alpha value is -0.570. The van der Waals surface area contributed by atoms with E-state index in [-0.39, 0.29) is 0 Å². The monoisotopic (exact) mass is 240 g/mol. The Morgan fingerprint density at radius 2 is 1.76 bits per heavy atom. The van der Waals surface area contributed by atoms with Crippen LogP contribution >= 0.6 is 0 Å². The van der Waals surface area contributed by atoms with Crippen LogP contribution in [0.15, 0.2) is 0 Å². The van der Waals surface area contributed by atoms with E-state index < -0.39 is 0 Å². The van der Waals surface area contributed by atoms with E-state index in [4.69, 9.17) is 5.73 Å². The normalized spacial score (nSPS) is 25.0. The van der Waals surface area contributed by atoms with Crippen LogP contribution in [0.3, 0.4) is 0 Å². The minimum atomic E-state index is 0.319. The van der Waals surface area contributed by atoms with Gasteiger partial charge in [-0.3, -0.25) is 4.79 Å². The Labute approximate surface area is 106 Å². The van der Waals surface area contributed by atoms with Crippen molar-refractivity contribution in [2.75, 3.05) is 7.05 Å². The topological polar surface area (TPSA) is 46.3 Å². The van der Waals surface area contributed by atoms with Crippen molar-refractivity contribution in [3.05, 3.63) is 0 Å². The van der Waals surface area contributed by atoms with E-state index in [2.05, 4.69) is 13.8 Å². The van der Waals surface area contributed by atoms with Gasteiger partial charge in [-0.1, -0.05) is 13.8 Å². The van der Waals surface area contributed by atoms with Gasteiger partial charge in [-0.15, -0.1) is 0 Å². The molecule has 0 aromatic heterocycles. The molecule has 0 atom stereocenters. The van der Waals surface area contributed by atoms with Gasteiger partial charge in [-0.05, 0) is 44.4 Å². The van der Waals surface area contributed by atoms with Gasteiger partial charge in [-0.2, -0.15) is 0 Å². The number of nitrogens with two attached hydrogens (primary N) is 1. The summed E-state index contributed by atoms with van der Waals surface area (Å²) in [6.07, 6.45) is 7.26. The lowest BCUT2D eigenvalue weighted by molar-refractivity contribution is -0.133. The van der Waals surface area contributed by atoms with Crippen LogP contribution in [0, 0.1) is 5.92 Å². The zero-order valence-corrected chi connectivity index (χ0v) is 11.6. The number of carbonyl (C=O) groups excluding carboxylic acids is 1. The van der Waals surface area contributed by atoms with Crippen LogP contribution in [0.1, 0.15) is 58.8 Å². The van der Waals surface area contributed by atoms with E-state index in [9.17, 15) is 4.79 Å². The molecule has 0 aromatic rings. The molecule has 100 valence electrons. The lowest BCUT2D eigenvalue weighted by Gasteiger charge is -2.30. The molecule has 3 nitrogen and oxygen atoms in total. The third kappa shape index (κ3) is 4.30. The fourth-order valence-electron chi connectivity index (χ4n) is 2.82. The van der Waals surface area contributed by atoms with Crippen molar-refractivity contribution in [1.82, 2.24) is 4.90 Å². The molecular formula is C14H28N2O. The number of rotatable bonds is 5. The van der Waals surface area contributed by atoms with Crippen LogP contribution in [0.2, 0.25) is 0 Å². The molecule has 0 bridgehead atoms. The second kappa shape index (κ2) is 7.00. The van der Waals surface area contributed by atoms with Gasteiger partial charge in [0.1, 0.15) is 0 Å². The molecule has 1 saturated carbocycles. The van der Waals surface area contributed by atoms with Gasteiger partial charge in [0.05, 0.1) is 0 Å². The van der Waals surface area contributed by atoms with Crippen molar-refractivity contribution in [3.63, 3.8) is 0 Å². The quantitative estimate of drug-likeness (QED) is 0.802. The summed E-state index contributed by atoms with van der Waals surface area (Å²) in [7, 11) is 1.95. The maximum Gasteiger partial charge on any atom is 0.222 e. The first-order chi connectivity index (χ1) is 8.08. The molecule has 1 fully saturated rings. The number of amides is 1. The first-order valence-electron chi connectivity index (χ1n) is 7.09. The summed E-state index contributed by atoms with van der Waals surface area (Å²) in [5.74, 6) is 0.887. The van der Waals surface area contributed by atoms with Gasteiger partial charge in [0.15, 0.2) is 0 Å². The summed E-state index contributed by atoms with van der Waals surface area (Å²) < 4.78 is 0. The molecule has 0 aliphatic heterocycles. The zero-order chi connectivity index (χ0) is 12.8. The molecule has 0 radical (unpaired) electrons. The molecule has 0 heterocycles. The van der Waals surface area contributed by atoms with Crippen molar-refractivity contribution >= 4 is 5.91 Å². The lowest BCUT2D eigenvalue weighted by Crippen LogP contribution is -2.38. The van der Waals surface area contributed by atoms with Crippen LogP contribution in [0.4, 0.5) is 0 Å². The Balaban J connectivity index is 2.37. The van der Waals surface area contributed by atoms with Gasteiger partial charge in [0.25, 0.3) is 0 Å². The van der Waals surface area contributed by atoms with E-state index >= 15 is 0 Å². The molecule has 2 N–H and O–H groups in total. The van der Waals surface area contributed by atoms with Crippen LogP contribution < -0.4 is 5.73 Å². The third-order valence-corrected chi connectivity index (χ3v) is 4.24. The van der Waals surface area contributed by atoms with Crippen LogP contribution in [-0.4, -0.2) is 29.9 Å². The van der Waals surface area contributed by atoms with Crippen molar-refractivity contribution in [2.24, 2.45) is 11.7 Å². The van der Waals surface area contributed by atoms with Gasteiger partial charge < -0.3 is 10.6 Å². The predicted octanol–water partition coefficient (Wildman–Crippen LogP) is 2.54. The molecule has 0 saturated heterocycles. The molecule has 1 aliphatic carbocycles. The highest BCUT2D eigenvalue weighted by atomic mass is 16.2.